The van der Waals surface area contributed by atoms with E-state index in [0.29, 0.717) is 5.56 Å². The highest BCUT2D eigenvalue weighted by Gasteiger charge is 2.43. The number of hydrogen-bond donors (Lipinski definition) is 0. The van der Waals surface area contributed by atoms with E-state index in [1.54, 1.807) is 48.8 Å². The van der Waals surface area contributed by atoms with Crippen LogP contribution in [0.3, 0.4) is 0 Å². The zero-order valence-electron chi connectivity index (χ0n) is 15.0. The Balaban J connectivity index is 1.66. The molecule has 0 radical (unpaired) electrons. The summed E-state index contributed by atoms with van der Waals surface area (Å²) in [5.41, 5.74) is 2.21. The largest absolute Gasteiger partial charge is 0.857 e. The Bertz CT molecular complexity index is 960. The van der Waals surface area contributed by atoms with Gasteiger partial charge < -0.3 is 9.84 Å². The first-order valence-electron chi connectivity index (χ1n) is 8.59. The van der Waals surface area contributed by atoms with Gasteiger partial charge in [-0.05, 0) is 33.9 Å². The van der Waals surface area contributed by atoms with Gasteiger partial charge in [0.05, 0.1) is 0 Å². The smallest absolute Gasteiger partial charge is 0.461 e. The van der Waals surface area contributed by atoms with Crippen molar-refractivity contribution >= 4 is 5.90 Å². The van der Waals surface area contributed by atoms with Crippen LogP contribution in [0, 0.1) is 0 Å². The van der Waals surface area contributed by atoms with Gasteiger partial charge >= 0.3 is 12.5 Å². The molecule has 0 unspecified atom stereocenters. The summed E-state index contributed by atoms with van der Waals surface area (Å²) < 4.78 is 55.7. The van der Waals surface area contributed by atoms with E-state index in [1.807, 2.05) is 6.07 Å². The molecule has 2 aromatic carbocycles. The van der Waals surface area contributed by atoms with Crippen LogP contribution in [0.1, 0.15) is 5.56 Å². The summed E-state index contributed by atoms with van der Waals surface area (Å²) in [6.07, 6.45) is -5.02. The van der Waals surface area contributed by atoms with Crippen molar-refractivity contribution in [2.24, 2.45) is 5.10 Å². The highest BCUT2D eigenvalue weighted by atomic mass is 19.3. The first-order valence-corrected chi connectivity index (χ1v) is 8.59. The van der Waals surface area contributed by atoms with Crippen LogP contribution >= 0.6 is 0 Å². The van der Waals surface area contributed by atoms with E-state index in [-0.39, 0.29) is 18.1 Å². The van der Waals surface area contributed by atoms with Crippen molar-refractivity contribution in [3.05, 3.63) is 84.7 Å². The van der Waals surface area contributed by atoms with Gasteiger partial charge in [-0.2, -0.15) is 17.6 Å². The Morgan fingerprint density at radius 3 is 2.03 bits per heavy atom. The summed E-state index contributed by atoms with van der Waals surface area (Å²) >= 11 is 0. The number of benzene rings is 2. The van der Waals surface area contributed by atoms with Crippen molar-refractivity contribution in [2.45, 2.75) is 19.0 Å². The fourth-order valence-electron chi connectivity index (χ4n) is 2.53. The molecule has 29 heavy (non-hydrogen) atoms. The van der Waals surface area contributed by atoms with Crippen LogP contribution in [-0.2, 0) is 6.42 Å². The maximum absolute atomic E-state index is 12.9. The van der Waals surface area contributed by atoms with Crippen molar-refractivity contribution in [1.29, 1.82) is 0 Å². The summed E-state index contributed by atoms with van der Waals surface area (Å²) in [5.74, 6) is -0.670. The molecular formula is C21H16F4N2O2. The van der Waals surface area contributed by atoms with Crippen LogP contribution in [0.2, 0.25) is 0 Å². The normalized spacial score (nSPS) is 12.2. The average Bonchev–Trinajstić information content (AvgIpc) is 2.69. The van der Waals surface area contributed by atoms with Crippen LogP contribution in [-0.4, -0.2) is 18.4 Å². The topological polar surface area (TPSA) is 48.5 Å². The second-order valence-electron chi connectivity index (χ2n) is 6.11. The molecule has 0 fully saturated rings. The molecule has 0 aliphatic rings. The molecule has 0 spiro atoms. The number of ether oxygens (including phenoxy) is 1. The molecule has 0 aliphatic heterocycles. The Labute approximate surface area is 164 Å². The molecule has 0 aliphatic carbocycles. The standard InChI is InChI=1S/C21H16F4N2O2/c22-20(23)21(24,25)29-18-10-8-17(9-11-18)16-6-4-15(5-7-16)14-19(28)26-27-12-2-1-3-13-27/h1-13,20H,14H2. The number of hydrogen-bond acceptors (Lipinski definition) is 3. The molecule has 0 saturated carbocycles. The lowest BCUT2D eigenvalue weighted by molar-refractivity contribution is -0.681. The van der Waals surface area contributed by atoms with E-state index < -0.39 is 12.5 Å². The van der Waals surface area contributed by atoms with E-state index in [2.05, 4.69) is 9.84 Å². The highest BCUT2D eigenvalue weighted by Crippen LogP contribution is 2.29. The predicted molar refractivity (Wildman–Crippen MR) is 96.6 cm³/mol. The van der Waals surface area contributed by atoms with Crippen LogP contribution < -0.4 is 14.5 Å². The molecular weight excluding hydrogens is 388 g/mol. The summed E-state index contributed by atoms with van der Waals surface area (Å²) in [5, 5.41) is 16.0. The van der Waals surface area contributed by atoms with Gasteiger partial charge in [-0.25, -0.2) is 0 Å². The van der Waals surface area contributed by atoms with Crippen molar-refractivity contribution in [3.63, 3.8) is 0 Å². The third-order valence-corrected chi connectivity index (χ3v) is 3.93. The SMILES string of the molecule is [O-]C(Cc1ccc(-c2ccc(OC(F)(F)C(F)F)cc2)cc1)=N[n+]1ccccc1. The highest BCUT2D eigenvalue weighted by molar-refractivity contribution is 5.74. The molecule has 8 heteroatoms. The molecule has 0 atom stereocenters. The van der Waals surface area contributed by atoms with Crippen LogP contribution in [0.25, 0.3) is 11.1 Å². The van der Waals surface area contributed by atoms with Gasteiger partial charge in [0.2, 0.25) is 12.4 Å². The molecule has 0 bridgehead atoms. The predicted octanol–water partition coefficient (Wildman–Crippen LogP) is 3.64. The fourth-order valence-corrected chi connectivity index (χ4v) is 2.53. The lowest BCUT2D eigenvalue weighted by Crippen LogP contribution is -2.33. The minimum Gasteiger partial charge on any atom is -0.857 e. The Hall–Kier alpha value is -3.42. The van der Waals surface area contributed by atoms with E-state index in [1.165, 1.54) is 28.9 Å². The number of halogens is 4. The van der Waals surface area contributed by atoms with E-state index in [0.717, 1.165) is 11.1 Å². The number of nitrogens with zero attached hydrogens (tertiary/aromatic N) is 2. The first-order chi connectivity index (χ1) is 13.8. The summed E-state index contributed by atoms with van der Waals surface area (Å²) in [6.45, 7) is 0. The summed E-state index contributed by atoms with van der Waals surface area (Å²) in [4.78, 5) is 0. The Morgan fingerprint density at radius 1 is 0.931 bits per heavy atom. The zero-order chi connectivity index (χ0) is 20.9. The van der Waals surface area contributed by atoms with Gasteiger partial charge in [0.25, 0.3) is 0 Å². The lowest BCUT2D eigenvalue weighted by Gasteiger charge is -2.16. The second kappa shape index (κ2) is 8.72. The van der Waals surface area contributed by atoms with Crippen LogP contribution in [0.15, 0.2) is 84.2 Å². The quantitative estimate of drug-likeness (QED) is 0.261. The zero-order valence-corrected chi connectivity index (χ0v) is 15.0. The molecule has 0 N–H and O–H groups in total. The number of pyridine rings is 1. The molecule has 1 aromatic heterocycles. The maximum atomic E-state index is 12.9. The number of rotatable bonds is 7. The third kappa shape index (κ3) is 5.54. The first kappa shape index (κ1) is 20.3. The minimum atomic E-state index is -4.54. The minimum absolute atomic E-state index is 0.123. The van der Waals surface area contributed by atoms with Crippen molar-refractivity contribution in [1.82, 2.24) is 0 Å². The van der Waals surface area contributed by atoms with Gasteiger partial charge in [-0.15, -0.1) is 0 Å². The Kier molecular flexibility index (Phi) is 6.11. The monoisotopic (exact) mass is 404 g/mol. The van der Waals surface area contributed by atoms with Gasteiger partial charge in [0.15, 0.2) is 0 Å². The van der Waals surface area contributed by atoms with Gasteiger partial charge in [0.1, 0.15) is 5.75 Å². The lowest BCUT2D eigenvalue weighted by atomic mass is 10.0. The average molecular weight is 404 g/mol. The van der Waals surface area contributed by atoms with Crippen LogP contribution in [0.4, 0.5) is 17.6 Å². The summed E-state index contributed by atoms with van der Waals surface area (Å²) in [7, 11) is 0. The number of aromatic nitrogens is 1. The van der Waals surface area contributed by atoms with Crippen LogP contribution in [0.5, 0.6) is 5.75 Å². The van der Waals surface area contributed by atoms with E-state index >= 15 is 0 Å². The third-order valence-electron chi connectivity index (χ3n) is 3.93. The van der Waals surface area contributed by atoms with Gasteiger partial charge in [-0.1, -0.05) is 47.1 Å². The fraction of sp³-hybridized carbons (Fsp3) is 0.143. The molecule has 3 rings (SSSR count). The van der Waals surface area contributed by atoms with Crippen molar-refractivity contribution in [3.8, 4) is 16.9 Å². The molecule has 0 amide bonds. The van der Waals surface area contributed by atoms with Crippen molar-refractivity contribution in [2.75, 3.05) is 0 Å². The summed E-state index contributed by atoms with van der Waals surface area (Å²) in [6, 6.07) is 17.7. The van der Waals surface area contributed by atoms with Gasteiger partial charge in [-0.3, -0.25) is 0 Å². The van der Waals surface area contributed by atoms with E-state index in [9.17, 15) is 22.7 Å². The molecule has 3 aromatic rings. The molecule has 150 valence electrons. The maximum Gasteiger partial charge on any atom is 0.461 e. The van der Waals surface area contributed by atoms with Crippen molar-refractivity contribution < 1.29 is 32.1 Å². The molecule has 1 heterocycles. The Morgan fingerprint density at radius 2 is 1.48 bits per heavy atom. The molecule has 4 nitrogen and oxygen atoms in total. The van der Waals surface area contributed by atoms with Gasteiger partial charge in [0, 0.05) is 24.5 Å². The van der Waals surface area contributed by atoms with E-state index in [4.69, 9.17) is 0 Å². The molecule has 0 saturated heterocycles. The number of alkyl halides is 4. The second-order valence-corrected chi connectivity index (χ2v) is 6.11.